The summed E-state index contributed by atoms with van der Waals surface area (Å²) in [4.78, 5) is 71.7. The van der Waals surface area contributed by atoms with E-state index in [0.717, 1.165) is 19.3 Å². The Hall–Kier alpha value is -3.28. The van der Waals surface area contributed by atoms with Crippen molar-refractivity contribution in [2.24, 2.45) is 15.9 Å². The number of aliphatic imine (C=N–C) groups is 2. The second-order valence-corrected chi connectivity index (χ2v) is 11.4. The first-order chi connectivity index (χ1) is 19.6. The number of hydrogen-bond acceptors (Lipinski definition) is 9. The van der Waals surface area contributed by atoms with Gasteiger partial charge in [0.2, 0.25) is 5.91 Å². The van der Waals surface area contributed by atoms with Crippen LogP contribution in [0.4, 0.5) is 0 Å². The van der Waals surface area contributed by atoms with Crippen LogP contribution in [-0.4, -0.2) is 71.3 Å². The van der Waals surface area contributed by atoms with Gasteiger partial charge in [0.1, 0.15) is 23.7 Å². The molecule has 2 bridgehead atoms. The molecule has 226 valence electrons. The Morgan fingerprint density at radius 3 is 2.63 bits per heavy atom. The summed E-state index contributed by atoms with van der Waals surface area (Å²) in [6.45, 7) is 7.23. The van der Waals surface area contributed by atoms with Crippen molar-refractivity contribution in [2.45, 2.75) is 97.2 Å². The first kappa shape index (κ1) is 33.9. The molecule has 1 unspecified atom stereocenters. The van der Waals surface area contributed by atoms with Gasteiger partial charge in [-0.1, -0.05) is 70.4 Å². The number of carbonyl (C=O) groups excluding carboxylic acids is 5. The van der Waals surface area contributed by atoms with Crippen LogP contribution < -0.4 is 16.0 Å². The molecule has 0 spiro atoms. The Labute approximate surface area is 246 Å². The van der Waals surface area contributed by atoms with Crippen LogP contribution in [0.5, 0.6) is 0 Å². The molecular formula is C29H43N5O6S. The predicted octanol–water partition coefficient (Wildman–Crippen LogP) is 3.00. The minimum absolute atomic E-state index is 0.00767. The van der Waals surface area contributed by atoms with Gasteiger partial charge < -0.3 is 20.7 Å². The normalized spacial score (nSPS) is 23.4. The topological polar surface area (TPSA) is 155 Å². The molecule has 3 N–H and O–H groups in total. The highest BCUT2D eigenvalue weighted by molar-refractivity contribution is 8.13. The van der Waals surface area contributed by atoms with Crippen LogP contribution >= 0.6 is 11.8 Å². The number of allylic oxidation sites excluding steroid dienone is 2. The van der Waals surface area contributed by atoms with Gasteiger partial charge in [0.15, 0.2) is 11.2 Å². The molecule has 2 rings (SSSR count). The number of esters is 1. The molecule has 11 nitrogen and oxygen atoms in total. The zero-order valence-corrected chi connectivity index (χ0v) is 25.3. The molecule has 2 aliphatic rings. The van der Waals surface area contributed by atoms with Gasteiger partial charge in [-0.3, -0.25) is 19.2 Å². The van der Waals surface area contributed by atoms with Crippen molar-refractivity contribution in [2.75, 3.05) is 12.3 Å². The minimum atomic E-state index is -1.02. The standard InChI is InChI=1S/C29H43N5O6S/c1-5-7-8-9-10-14-25(36)41-15-12-11-13-20-16-24(35)31-18-23-30-17-22(32-23)28(38)33-21(6-2)27(37)34-26(19(3)4)29(39)40-20/h6,11,13,17,19-20,22,26H,5,7-10,12,14-16,18H2,1-4H3,(H,31,35)(H,33,38)(H,34,37)/b13-11+,21-6-/t20-,22?,26+/m1/s1. The van der Waals surface area contributed by atoms with Crippen molar-refractivity contribution in [1.82, 2.24) is 16.0 Å². The molecular weight excluding hydrogens is 546 g/mol. The third-order valence-electron chi connectivity index (χ3n) is 6.40. The van der Waals surface area contributed by atoms with Crippen LogP contribution in [0.15, 0.2) is 33.9 Å². The van der Waals surface area contributed by atoms with E-state index >= 15 is 0 Å². The SMILES string of the molecule is C/C=C1\NC(=O)C2C=NC(=N2)CNC(=O)C[C@@H](/C=C/CCSC(=O)CCCCCCC)OC(=O)[C@H](C(C)C)NC1=O. The Bertz CT molecular complexity index is 1070. The van der Waals surface area contributed by atoms with Gasteiger partial charge in [0, 0.05) is 18.4 Å². The molecule has 0 saturated heterocycles. The third kappa shape index (κ3) is 12.4. The van der Waals surface area contributed by atoms with Crippen molar-refractivity contribution in [3.8, 4) is 0 Å². The van der Waals surface area contributed by atoms with Crippen molar-refractivity contribution in [1.29, 1.82) is 0 Å². The average molecular weight is 590 g/mol. The molecule has 41 heavy (non-hydrogen) atoms. The van der Waals surface area contributed by atoms with Gasteiger partial charge in [0.05, 0.1) is 13.0 Å². The Morgan fingerprint density at radius 2 is 1.93 bits per heavy atom. The number of hydrogen-bond donors (Lipinski definition) is 3. The van der Waals surface area contributed by atoms with E-state index in [0.29, 0.717) is 18.6 Å². The minimum Gasteiger partial charge on any atom is -0.456 e. The van der Waals surface area contributed by atoms with Crippen LogP contribution in [0.3, 0.4) is 0 Å². The molecule has 3 amide bonds. The van der Waals surface area contributed by atoms with Crippen molar-refractivity contribution < 1.29 is 28.7 Å². The van der Waals surface area contributed by atoms with Gasteiger partial charge in [-0.25, -0.2) is 14.8 Å². The summed E-state index contributed by atoms with van der Waals surface area (Å²) in [7, 11) is 0. The summed E-state index contributed by atoms with van der Waals surface area (Å²) in [6, 6.07) is -1.96. The number of nitrogens with one attached hydrogen (secondary N) is 3. The lowest BCUT2D eigenvalue weighted by Crippen LogP contribution is -2.49. The summed E-state index contributed by atoms with van der Waals surface area (Å²) < 4.78 is 5.67. The van der Waals surface area contributed by atoms with Gasteiger partial charge in [-0.2, -0.15) is 0 Å². The van der Waals surface area contributed by atoms with Crippen molar-refractivity contribution in [3.05, 3.63) is 23.9 Å². The zero-order valence-electron chi connectivity index (χ0n) is 24.4. The van der Waals surface area contributed by atoms with Gasteiger partial charge in [0.25, 0.3) is 11.8 Å². The Kier molecular flexibility index (Phi) is 15.1. The van der Waals surface area contributed by atoms with Crippen molar-refractivity contribution in [3.63, 3.8) is 0 Å². The number of rotatable bonds is 11. The molecule has 0 saturated carbocycles. The lowest BCUT2D eigenvalue weighted by molar-refractivity contribution is -0.153. The molecule has 0 aromatic carbocycles. The number of thioether (sulfide) groups is 1. The Balaban J connectivity index is 2.08. The number of nitrogens with zero attached hydrogens (tertiary/aromatic N) is 2. The highest BCUT2D eigenvalue weighted by Gasteiger charge is 2.31. The van der Waals surface area contributed by atoms with Crippen LogP contribution in [0.25, 0.3) is 0 Å². The van der Waals surface area contributed by atoms with Gasteiger partial charge >= 0.3 is 5.97 Å². The lowest BCUT2D eigenvalue weighted by Gasteiger charge is -2.24. The lowest BCUT2D eigenvalue weighted by atomic mass is 10.0. The molecule has 0 aromatic heterocycles. The number of carbonyl (C=O) groups is 5. The van der Waals surface area contributed by atoms with Crippen LogP contribution in [0.1, 0.15) is 79.1 Å². The molecule has 2 heterocycles. The Morgan fingerprint density at radius 1 is 1.17 bits per heavy atom. The average Bonchev–Trinajstić information content (AvgIpc) is 3.41. The molecule has 3 atom stereocenters. The maximum Gasteiger partial charge on any atom is 0.329 e. The maximum atomic E-state index is 13.1. The largest absolute Gasteiger partial charge is 0.456 e. The second kappa shape index (κ2) is 18.2. The molecule has 0 radical (unpaired) electrons. The van der Waals surface area contributed by atoms with Crippen LogP contribution in [0, 0.1) is 5.92 Å². The van der Waals surface area contributed by atoms with Gasteiger partial charge in [-0.05, 0) is 31.8 Å². The van der Waals surface area contributed by atoms with Crippen LogP contribution in [0.2, 0.25) is 0 Å². The summed E-state index contributed by atoms with van der Waals surface area (Å²) in [5.74, 6) is -1.82. The summed E-state index contributed by atoms with van der Waals surface area (Å²) in [5.41, 5.74) is -0.0321. The van der Waals surface area contributed by atoms with Crippen molar-refractivity contribution >= 4 is 52.6 Å². The van der Waals surface area contributed by atoms with E-state index in [1.807, 2.05) is 0 Å². The fourth-order valence-electron chi connectivity index (χ4n) is 4.02. The predicted molar refractivity (Wildman–Crippen MR) is 160 cm³/mol. The first-order valence-electron chi connectivity index (χ1n) is 14.3. The van der Waals surface area contributed by atoms with Crippen LogP contribution in [-0.2, 0) is 28.7 Å². The second-order valence-electron chi connectivity index (χ2n) is 10.2. The number of unbranched alkanes of at least 4 members (excludes halogenated alkanes) is 4. The maximum absolute atomic E-state index is 13.1. The molecule has 0 aromatic rings. The molecule has 0 fully saturated rings. The number of cyclic esters (lactones) is 1. The molecule has 2 aliphatic heterocycles. The fraction of sp³-hybridized carbons (Fsp3) is 0.621. The summed E-state index contributed by atoms with van der Waals surface area (Å²) in [6.07, 6.45) is 11.7. The van der Waals surface area contributed by atoms with E-state index in [4.69, 9.17) is 4.74 Å². The highest BCUT2D eigenvalue weighted by atomic mass is 32.2. The van der Waals surface area contributed by atoms with E-state index in [1.54, 1.807) is 32.9 Å². The van der Waals surface area contributed by atoms with E-state index in [1.165, 1.54) is 36.9 Å². The first-order valence-corrected chi connectivity index (χ1v) is 15.3. The third-order valence-corrected chi connectivity index (χ3v) is 7.37. The van der Waals surface area contributed by atoms with Gasteiger partial charge in [-0.15, -0.1) is 0 Å². The van der Waals surface area contributed by atoms with E-state index in [9.17, 15) is 24.0 Å². The number of amides is 3. The summed E-state index contributed by atoms with van der Waals surface area (Å²) in [5, 5.41) is 8.01. The number of ether oxygens (including phenoxy) is 1. The van der Waals surface area contributed by atoms with E-state index in [-0.39, 0.29) is 35.5 Å². The highest BCUT2D eigenvalue weighted by Crippen LogP contribution is 2.14. The smallest absolute Gasteiger partial charge is 0.329 e. The fourth-order valence-corrected chi connectivity index (χ4v) is 4.79. The van der Waals surface area contributed by atoms with E-state index < -0.39 is 41.9 Å². The van der Waals surface area contributed by atoms with E-state index in [2.05, 4.69) is 32.9 Å². The number of amidine groups is 1. The molecule has 12 heteroatoms. The number of fused-ring (bicyclic) bond motifs is 1. The monoisotopic (exact) mass is 589 g/mol. The quantitative estimate of drug-likeness (QED) is 0.145. The molecule has 0 aliphatic carbocycles. The zero-order chi connectivity index (χ0) is 30.2. The summed E-state index contributed by atoms with van der Waals surface area (Å²) >= 11 is 1.28.